The molecular weight excluding hydrogens is 180 g/mol. The Kier molecular flexibility index (Phi) is 3.89. The molecular formula is C10H20N2O2. The molecule has 82 valence electrons. The van der Waals surface area contributed by atoms with Crippen molar-refractivity contribution in [3.8, 4) is 0 Å². The summed E-state index contributed by atoms with van der Waals surface area (Å²) in [7, 11) is 0. The molecule has 4 heteroatoms. The third-order valence-electron chi connectivity index (χ3n) is 2.94. The second-order valence-electron chi connectivity index (χ2n) is 4.16. The molecule has 1 atom stereocenters. The molecule has 0 spiro atoms. The van der Waals surface area contributed by atoms with Crippen LogP contribution >= 0.6 is 0 Å². The van der Waals surface area contributed by atoms with Gasteiger partial charge in [-0.25, -0.2) is 0 Å². The number of rotatable bonds is 3. The van der Waals surface area contributed by atoms with Gasteiger partial charge in [-0.15, -0.1) is 0 Å². The maximum Gasteiger partial charge on any atom is 0.323 e. The van der Waals surface area contributed by atoms with Crippen LogP contribution in [0.15, 0.2) is 0 Å². The summed E-state index contributed by atoms with van der Waals surface area (Å²) in [6, 6.07) is 0. The van der Waals surface area contributed by atoms with E-state index in [2.05, 4.69) is 11.8 Å². The van der Waals surface area contributed by atoms with Gasteiger partial charge in [0.25, 0.3) is 0 Å². The van der Waals surface area contributed by atoms with Crippen LogP contribution in [-0.4, -0.2) is 41.1 Å². The van der Waals surface area contributed by atoms with Gasteiger partial charge < -0.3 is 15.7 Å². The summed E-state index contributed by atoms with van der Waals surface area (Å²) in [5.74, 6) is -0.851. The van der Waals surface area contributed by atoms with Crippen LogP contribution in [0.25, 0.3) is 0 Å². The predicted molar refractivity (Wildman–Crippen MR) is 55.1 cm³/mol. The van der Waals surface area contributed by atoms with Crippen molar-refractivity contribution in [2.75, 3.05) is 19.6 Å². The van der Waals surface area contributed by atoms with Gasteiger partial charge in [-0.1, -0.05) is 6.92 Å². The molecule has 1 heterocycles. The molecule has 0 aromatic carbocycles. The van der Waals surface area contributed by atoms with E-state index in [1.807, 2.05) is 0 Å². The van der Waals surface area contributed by atoms with E-state index in [4.69, 9.17) is 10.8 Å². The fourth-order valence-corrected chi connectivity index (χ4v) is 1.97. The zero-order valence-corrected chi connectivity index (χ0v) is 8.83. The smallest absolute Gasteiger partial charge is 0.323 e. The monoisotopic (exact) mass is 200 g/mol. The van der Waals surface area contributed by atoms with Gasteiger partial charge in [-0.3, -0.25) is 4.79 Å². The van der Waals surface area contributed by atoms with Crippen LogP contribution < -0.4 is 5.73 Å². The van der Waals surface area contributed by atoms with Crippen LogP contribution in [0.4, 0.5) is 0 Å². The number of aliphatic carboxylic acids is 1. The molecule has 1 rings (SSSR count). The summed E-state index contributed by atoms with van der Waals surface area (Å²) in [6.07, 6.45) is 3.18. The quantitative estimate of drug-likeness (QED) is 0.702. The molecule has 1 aliphatic heterocycles. The van der Waals surface area contributed by atoms with E-state index in [0.29, 0.717) is 12.8 Å². The predicted octanol–water partition coefficient (Wildman–Crippen LogP) is 0.664. The number of nitrogens with two attached hydrogens (primary N) is 1. The molecule has 0 bridgehead atoms. The minimum atomic E-state index is -0.984. The van der Waals surface area contributed by atoms with E-state index in [1.54, 1.807) is 0 Å². The van der Waals surface area contributed by atoms with Crippen molar-refractivity contribution in [2.24, 2.45) is 5.73 Å². The highest BCUT2D eigenvalue weighted by molar-refractivity contribution is 5.78. The number of carboxylic acids is 1. The summed E-state index contributed by atoms with van der Waals surface area (Å²) >= 11 is 0. The number of hydrogen-bond acceptors (Lipinski definition) is 3. The van der Waals surface area contributed by atoms with E-state index in [0.717, 1.165) is 32.5 Å². The Balaban J connectivity index is 2.52. The van der Waals surface area contributed by atoms with E-state index in [9.17, 15) is 4.79 Å². The van der Waals surface area contributed by atoms with Crippen molar-refractivity contribution in [1.82, 2.24) is 4.90 Å². The third kappa shape index (κ3) is 2.69. The number of nitrogens with zero attached hydrogens (tertiary/aromatic N) is 1. The Hall–Kier alpha value is -0.610. The summed E-state index contributed by atoms with van der Waals surface area (Å²) in [5.41, 5.74) is 4.85. The van der Waals surface area contributed by atoms with Gasteiger partial charge in [0.15, 0.2) is 0 Å². The zero-order valence-electron chi connectivity index (χ0n) is 8.83. The molecule has 0 aromatic heterocycles. The maximum absolute atomic E-state index is 10.9. The fourth-order valence-electron chi connectivity index (χ4n) is 1.97. The molecule has 4 nitrogen and oxygen atoms in total. The second-order valence-corrected chi connectivity index (χ2v) is 4.16. The first kappa shape index (κ1) is 11.5. The lowest BCUT2D eigenvalue weighted by Gasteiger charge is -2.23. The number of hydrogen-bond donors (Lipinski definition) is 2. The van der Waals surface area contributed by atoms with Crippen molar-refractivity contribution < 1.29 is 9.90 Å². The molecule has 1 aliphatic rings. The largest absolute Gasteiger partial charge is 0.480 e. The molecule has 0 radical (unpaired) electrons. The van der Waals surface area contributed by atoms with Gasteiger partial charge in [0, 0.05) is 6.54 Å². The minimum Gasteiger partial charge on any atom is -0.480 e. The third-order valence-corrected chi connectivity index (χ3v) is 2.94. The average Bonchev–Trinajstić information content (AvgIpc) is 2.30. The van der Waals surface area contributed by atoms with Crippen LogP contribution in [0.3, 0.4) is 0 Å². The second kappa shape index (κ2) is 4.75. The van der Waals surface area contributed by atoms with Crippen molar-refractivity contribution in [3.63, 3.8) is 0 Å². The summed E-state index contributed by atoms with van der Waals surface area (Å²) < 4.78 is 0. The highest BCUT2D eigenvalue weighted by Gasteiger charge is 2.35. The van der Waals surface area contributed by atoms with Crippen molar-refractivity contribution >= 4 is 5.97 Å². The van der Waals surface area contributed by atoms with Crippen molar-refractivity contribution in [3.05, 3.63) is 0 Å². The Morgan fingerprint density at radius 2 is 2.21 bits per heavy atom. The molecule has 1 unspecified atom stereocenters. The van der Waals surface area contributed by atoms with Gasteiger partial charge in [0.1, 0.15) is 5.54 Å². The van der Waals surface area contributed by atoms with Crippen LogP contribution in [0, 0.1) is 0 Å². The Morgan fingerprint density at radius 3 is 2.79 bits per heavy atom. The van der Waals surface area contributed by atoms with Crippen LogP contribution in [0.2, 0.25) is 0 Å². The standard InChI is InChI=1S/C10H20N2O2/c1-2-6-12-7-3-4-10(11,5-8-12)9(13)14/h2-8,11H2,1H3,(H,13,14). The Labute approximate surface area is 85.1 Å². The van der Waals surface area contributed by atoms with Gasteiger partial charge in [0.2, 0.25) is 0 Å². The van der Waals surface area contributed by atoms with Crippen LogP contribution in [-0.2, 0) is 4.79 Å². The lowest BCUT2D eigenvalue weighted by Crippen LogP contribution is -2.48. The molecule has 1 fully saturated rings. The first-order valence-corrected chi connectivity index (χ1v) is 5.33. The molecule has 0 saturated carbocycles. The Morgan fingerprint density at radius 1 is 1.50 bits per heavy atom. The summed E-state index contributed by atoms with van der Waals surface area (Å²) in [4.78, 5) is 13.3. The minimum absolute atomic E-state index is 0.572. The van der Waals surface area contributed by atoms with Crippen LogP contribution in [0.1, 0.15) is 32.6 Å². The van der Waals surface area contributed by atoms with Gasteiger partial charge in [-0.05, 0) is 38.8 Å². The lowest BCUT2D eigenvalue weighted by atomic mass is 9.92. The van der Waals surface area contributed by atoms with Crippen molar-refractivity contribution in [1.29, 1.82) is 0 Å². The molecule has 0 amide bonds. The lowest BCUT2D eigenvalue weighted by molar-refractivity contribution is -0.143. The summed E-state index contributed by atoms with van der Waals surface area (Å²) in [5, 5.41) is 9.00. The normalized spacial score (nSPS) is 29.9. The SMILES string of the molecule is CCCN1CCCC(N)(C(=O)O)CC1. The Bertz CT molecular complexity index is 208. The van der Waals surface area contributed by atoms with E-state index in [1.165, 1.54) is 0 Å². The van der Waals surface area contributed by atoms with Crippen molar-refractivity contribution in [2.45, 2.75) is 38.1 Å². The van der Waals surface area contributed by atoms with Gasteiger partial charge in [0.05, 0.1) is 0 Å². The first-order chi connectivity index (χ1) is 6.58. The van der Waals surface area contributed by atoms with E-state index < -0.39 is 11.5 Å². The summed E-state index contributed by atoms with van der Waals surface area (Å²) in [6.45, 7) is 4.99. The number of carboxylic acid groups (broad SMARTS) is 1. The highest BCUT2D eigenvalue weighted by atomic mass is 16.4. The molecule has 0 aliphatic carbocycles. The number of carbonyl (C=O) groups is 1. The molecule has 3 N–H and O–H groups in total. The molecule has 1 saturated heterocycles. The maximum atomic E-state index is 10.9. The first-order valence-electron chi connectivity index (χ1n) is 5.33. The van der Waals surface area contributed by atoms with E-state index in [-0.39, 0.29) is 0 Å². The van der Waals surface area contributed by atoms with Gasteiger partial charge in [-0.2, -0.15) is 0 Å². The highest BCUT2D eigenvalue weighted by Crippen LogP contribution is 2.20. The average molecular weight is 200 g/mol. The van der Waals surface area contributed by atoms with Crippen LogP contribution in [0.5, 0.6) is 0 Å². The molecule has 14 heavy (non-hydrogen) atoms. The zero-order chi connectivity index (χ0) is 10.6. The van der Waals surface area contributed by atoms with Gasteiger partial charge >= 0.3 is 5.97 Å². The fraction of sp³-hybridized carbons (Fsp3) is 0.900. The topological polar surface area (TPSA) is 66.6 Å². The number of likely N-dealkylation sites (tertiary alicyclic amines) is 1. The van der Waals surface area contributed by atoms with E-state index >= 15 is 0 Å². The molecule has 0 aromatic rings.